The van der Waals surface area contributed by atoms with Gasteiger partial charge in [-0.1, -0.05) is 6.07 Å². The van der Waals surface area contributed by atoms with E-state index < -0.39 is 11.9 Å². The Hall–Kier alpha value is -1.89. The summed E-state index contributed by atoms with van der Waals surface area (Å²) in [6.45, 7) is 4.13. The van der Waals surface area contributed by atoms with Crippen molar-refractivity contribution < 1.29 is 19.1 Å². The maximum atomic E-state index is 12.8. The fraction of sp³-hybridized carbons (Fsp3) is 0.438. The van der Waals surface area contributed by atoms with Crippen LogP contribution in [0.2, 0.25) is 0 Å². The highest BCUT2D eigenvalue weighted by molar-refractivity contribution is 9.10. The lowest BCUT2D eigenvalue weighted by molar-refractivity contribution is -0.136. The van der Waals surface area contributed by atoms with E-state index in [4.69, 9.17) is 4.74 Å². The van der Waals surface area contributed by atoms with Gasteiger partial charge in [-0.2, -0.15) is 0 Å². The Morgan fingerprint density at radius 3 is 2.70 bits per heavy atom. The summed E-state index contributed by atoms with van der Waals surface area (Å²) in [6.07, 6.45) is 0.525. The molecule has 1 atom stereocenters. The van der Waals surface area contributed by atoms with Crippen LogP contribution in [-0.2, 0) is 16.1 Å². The number of fused-ring (bicyclic) bond motifs is 1. The first-order chi connectivity index (χ1) is 10.9. The number of benzene rings is 1. The number of imide groups is 1. The Morgan fingerprint density at radius 1 is 1.30 bits per heavy atom. The number of carbonyl (C=O) groups is 3. The largest absolute Gasteiger partial charge is 0.489 e. The maximum absolute atomic E-state index is 12.8. The van der Waals surface area contributed by atoms with Crippen LogP contribution >= 0.6 is 15.9 Å². The molecule has 0 spiro atoms. The third-order valence-corrected chi connectivity index (χ3v) is 4.58. The fourth-order valence-corrected chi connectivity index (χ4v) is 3.37. The molecule has 0 saturated carbocycles. The second kappa shape index (κ2) is 5.96. The zero-order valence-electron chi connectivity index (χ0n) is 12.9. The van der Waals surface area contributed by atoms with Crippen LogP contribution in [0.4, 0.5) is 0 Å². The van der Waals surface area contributed by atoms with E-state index in [1.54, 1.807) is 0 Å². The lowest BCUT2D eigenvalue weighted by Gasteiger charge is -2.29. The van der Waals surface area contributed by atoms with Gasteiger partial charge in [0.1, 0.15) is 11.8 Å². The molecule has 3 amide bonds. The standard InChI is InChI=1S/C16H17BrN2O4/c1-8(2)23-14-10(17)4-3-9-7-19(16(22)13(9)14)11-5-6-12(20)18-15(11)21/h3-4,8,11H,5-7H2,1-2H3,(H,18,20,21). The van der Waals surface area contributed by atoms with Gasteiger partial charge in [-0.05, 0) is 47.8 Å². The normalized spacial score (nSPS) is 20.8. The van der Waals surface area contributed by atoms with E-state index in [0.717, 1.165) is 5.56 Å². The number of hydrogen-bond donors (Lipinski definition) is 1. The molecule has 7 heteroatoms. The van der Waals surface area contributed by atoms with Crippen molar-refractivity contribution in [2.75, 3.05) is 0 Å². The minimum absolute atomic E-state index is 0.0738. The van der Waals surface area contributed by atoms with Gasteiger partial charge in [0.05, 0.1) is 16.1 Å². The Balaban J connectivity index is 1.93. The van der Waals surface area contributed by atoms with Gasteiger partial charge in [0.25, 0.3) is 5.91 Å². The summed E-state index contributed by atoms with van der Waals surface area (Å²) in [6, 6.07) is 3.09. The molecule has 23 heavy (non-hydrogen) atoms. The Labute approximate surface area is 142 Å². The second-order valence-corrected chi connectivity index (χ2v) is 6.83. The predicted molar refractivity (Wildman–Crippen MR) is 86.0 cm³/mol. The number of carbonyl (C=O) groups excluding carboxylic acids is 3. The third-order valence-electron chi connectivity index (χ3n) is 3.95. The van der Waals surface area contributed by atoms with E-state index in [-0.39, 0.29) is 24.3 Å². The van der Waals surface area contributed by atoms with Crippen LogP contribution in [-0.4, -0.2) is 34.8 Å². The van der Waals surface area contributed by atoms with E-state index >= 15 is 0 Å². The average Bonchev–Trinajstić information content (AvgIpc) is 2.79. The molecule has 122 valence electrons. The molecule has 0 aromatic heterocycles. The molecular formula is C16H17BrN2O4. The van der Waals surface area contributed by atoms with Crippen molar-refractivity contribution in [1.29, 1.82) is 0 Å². The minimum Gasteiger partial charge on any atom is -0.489 e. The van der Waals surface area contributed by atoms with Gasteiger partial charge < -0.3 is 9.64 Å². The van der Waals surface area contributed by atoms with E-state index in [9.17, 15) is 14.4 Å². The molecule has 2 heterocycles. The maximum Gasteiger partial charge on any atom is 0.259 e. The van der Waals surface area contributed by atoms with E-state index in [1.807, 2.05) is 26.0 Å². The van der Waals surface area contributed by atoms with Gasteiger partial charge in [-0.15, -0.1) is 0 Å². The van der Waals surface area contributed by atoms with Gasteiger partial charge in [-0.3, -0.25) is 19.7 Å². The molecule has 0 radical (unpaired) electrons. The van der Waals surface area contributed by atoms with Crippen molar-refractivity contribution in [1.82, 2.24) is 10.2 Å². The first-order valence-electron chi connectivity index (χ1n) is 7.51. The quantitative estimate of drug-likeness (QED) is 0.813. The molecule has 0 aliphatic carbocycles. The number of hydrogen-bond acceptors (Lipinski definition) is 4. The van der Waals surface area contributed by atoms with E-state index in [2.05, 4.69) is 21.2 Å². The Morgan fingerprint density at radius 2 is 2.04 bits per heavy atom. The topological polar surface area (TPSA) is 75.7 Å². The minimum atomic E-state index is -0.613. The molecule has 1 unspecified atom stereocenters. The second-order valence-electron chi connectivity index (χ2n) is 5.98. The first-order valence-corrected chi connectivity index (χ1v) is 8.30. The number of nitrogens with one attached hydrogen (secondary N) is 1. The van der Waals surface area contributed by atoms with Crippen LogP contribution in [0.3, 0.4) is 0 Å². The SMILES string of the molecule is CC(C)Oc1c(Br)ccc2c1C(=O)N(C1CCC(=O)NC1=O)C2. The molecule has 2 aliphatic heterocycles. The lowest BCUT2D eigenvalue weighted by Crippen LogP contribution is -2.52. The molecule has 6 nitrogen and oxygen atoms in total. The summed E-state index contributed by atoms with van der Waals surface area (Å²) in [4.78, 5) is 37.7. The molecule has 1 aromatic carbocycles. The van der Waals surface area contributed by atoms with Gasteiger partial charge in [0.15, 0.2) is 0 Å². The molecule has 1 aromatic rings. The summed E-state index contributed by atoms with van der Waals surface area (Å²) < 4.78 is 6.50. The summed E-state index contributed by atoms with van der Waals surface area (Å²) in [5, 5.41) is 2.30. The number of ether oxygens (including phenoxy) is 1. The Kier molecular flexibility index (Phi) is 4.14. The molecule has 1 N–H and O–H groups in total. The fourth-order valence-electron chi connectivity index (χ4n) is 2.95. The summed E-state index contributed by atoms with van der Waals surface area (Å²) in [7, 11) is 0. The summed E-state index contributed by atoms with van der Waals surface area (Å²) in [5.74, 6) is -0.418. The highest BCUT2D eigenvalue weighted by atomic mass is 79.9. The Bertz CT molecular complexity index is 702. The van der Waals surface area contributed by atoms with Gasteiger partial charge in [0, 0.05) is 13.0 Å². The van der Waals surface area contributed by atoms with Crippen molar-refractivity contribution in [3.63, 3.8) is 0 Å². The van der Waals surface area contributed by atoms with Crippen molar-refractivity contribution in [2.24, 2.45) is 0 Å². The van der Waals surface area contributed by atoms with E-state index in [1.165, 1.54) is 4.90 Å². The number of nitrogens with zero attached hydrogens (tertiary/aromatic N) is 1. The van der Waals surface area contributed by atoms with Crippen LogP contribution in [0.25, 0.3) is 0 Å². The number of piperidine rings is 1. The number of rotatable bonds is 3. The molecule has 1 saturated heterocycles. The smallest absolute Gasteiger partial charge is 0.259 e. The van der Waals surface area contributed by atoms with Gasteiger partial charge >= 0.3 is 0 Å². The van der Waals surface area contributed by atoms with Crippen molar-refractivity contribution in [2.45, 2.75) is 45.4 Å². The average molecular weight is 381 g/mol. The molecule has 1 fully saturated rings. The number of amides is 3. The van der Waals surface area contributed by atoms with Crippen LogP contribution in [0, 0.1) is 0 Å². The lowest BCUT2D eigenvalue weighted by atomic mass is 10.0. The van der Waals surface area contributed by atoms with Crippen LogP contribution < -0.4 is 10.1 Å². The molecular weight excluding hydrogens is 364 g/mol. The van der Waals surface area contributed by atoms with Crippen LogP contribution in [0.1, 0.15) is 42.6 Å². The molecule has 0 bridgehead atoms. The summed E-state index contributed by atoms with van der Waals surface area (Å²) in [5.41, 5.74) is 1.33. The van der Waals surface area contributed by atoms with Crippen molar-refractivity contribution in [3.8, 4) is 5.75 Å². The van der Waals surface area contributed by atoms with Crippen molar-refractivity contribution in [3.05, 3.63) is 27.7 Å². The van der Waals surface area contributed by atoms with Crippen molar-refractivity contribution >= 4 is 33.7 Å². The first kappa shape index (κ1) is 16.0. The zero-order chi connectivity index (χ0) is 16.7. The number of halogens is 1. The van der Waals surface area contributed by atoms with Gasteiger partial charge in [0.2, 0.25) is 11.8 Å². The summed E-state index contributed by atoms with van der Waals surface area (Å²) >= 11 is 3.42. The van der Waals surface area contributed by atoms with Gasteiger partial charge in [-0.25, -0.2) is 0 Å². The highest BCUT2D eigenvalue weighted by Crippen LogP contribution is 2.38. The van der Waals surface area contributed by atoms with Crippen LogP contribution in [0.5, 0.6) is 5.75 Å². The molecule has 2 aliphatic rings. The zero-order valence-corrected chi connectivity index (χ0v) is 14.5. The van der Waals surface area contributed by atoms with Crippen LogP contribution in [0.15, 0.2) is 16.6 Å². The molecule has 3 rings (SSSR count). The highest BCUT2D eigenvalue weighted by Gasteiger charge is 2.41. The monoisotopic (exact) mass is 380 g/mol. The predicted octanol–water partition coefficient (Wildman–Crippen LogP) is 2.00. The van der Waals surface area contributed by atoms with E-state index in [0.29, 0.717) is 28.8 Å². The third kappa shape index (κ3) is 2.85.